The van der Waals surface area contributed by atoms with Crippen molar-refractivity contribution >= 4 is 26.1 Å². The molecule has 0 aromatic rings. The van der Waals surface area contributed by atoms with Crippen molar-refractivity contribution in [2.24, 2.45) is 15.1 Å². The quantitative estimate of drug-likeness (QED) is 0.187. The van der Waals surface area contributed by atoms with Gasteiger partial charge in [0.25, 0.3) is 6.47 Å². The minimum Gasteiger partial charge on any atom is -0.462 e. The SMILES string of the molecule is C=CCON=C.C=NC.CC(C)(C)OC=O.CC1=CCCN=C1.CCOC1CCN(C)CC1. The molecule has 33 heavy (non-hydrogen) atoms. The maximum Gasteiger partial charge on any atom is 0.293 e. The van der Waals surface area contributed by atoms with Crippen molar-refractivity contribution in [3.8, 4) is 0 Å². The number of allylic oxidation sites excluding steroid dienone is 1. The second-order valence-electron chi connectivity index (χ2n) is 8.09. The molecule has 0 unspecified atom stereocenters. The Labute approximate surface area is 202 Å². The van der Waals surface area contributed by atoms with Gasteiger partial charge >= 0.3 is 0 Å². The third-order valence-electron chi connectivity index (χ3n) is 3.77. The largest absolute Gasteiger partial charge is 0.462 e. The molecule has 0 radical (unpaired) electrons. The van der Waals surface area contributed by atoms with Crippen molar-refractivity contribution < 1.29 is 19.1 Å². The van der Waals surface area contributed by atoms with Crippen molar-refractivity contribution in [3.05, 3.63) is 24.3 Å². The minimum atomic E-state index is -0.318. The molecule has 0 N–H and O–H groups in total. The highest BCUT2D eigenvalue weighted by Crippen LogP contribution is 2.11. The minimum absolute atomic E-state index is 0.318. The van der Waals surface area contributed by atoms with E-state index in [1.807, 2.05) is 27.0 Å². The number of likely N-dealkylation sites (tertiary alicyclic amines) is 1. The van der Waals surface area contributed by atoms with Crippen LogP contribution in [0.3, 0.4) is 0 Å². The fourth-order valence-corrected chi connectivity index (χ4v) is 2.27. The van der Waals surface area contributed by atoms with Gasteiger partial charge < -0.3 is 24.2 Å². The number of piperidine rings is 1. The van der Waals surface area contributed by atoms with E-state index in [0.717, 1.165) is 19.6 Å². The van der Waals surface area contributed by atoms with Crippen LogP contribution in [-0.4, -0.2) is 89.7 Å². The molecule has 8 nitrogen and oxygen atoms in total. The lowest BCUT2D eigenvalue weighted by Gasteiger charge is -2.28. The average Bonchev–Trinajstić information content (AvgIpc) is 2.76. The van der Waals surface area contributed by atoms with E-state index < -0.39 is 0 Å². The van der Waals surface area contributed by atoms with Crippen molar-refractivity contribution in [2.45, 2.75) is 65.6 Å². The van der Waals surface area contributed by atoms with Crippen LogP contribution >= 0.6 is 0 Å². The molecule has 0 bridgehead atoms. The third kappa shape index (κ3) is 34.5. The first-order chi connectivity index (χ1) is 15.6. The zero-order valence-corrected chi connectivity index (χ0v) is 22.1. The summed E-state index contributed by atoms with van der Waals surface area (Å²) >= 11 is 0. The number of rotatable bonds is 6. The van der Waals surface area contributed by atoms with Crippen LogP contribution < -0.4 is 0 Å². The number of oxime groups is 1. The van der Waals surface area contributed by atoms with Gasteiger partial charge in [-0.15, -0.1) is 5.16 Å². The number of dihydropyridines is 1. The molecule has 0 aliphatic carbocycles. The van der Waals surface area contributed by atoms with Crippen molar-refractivity contribution in [3.63, 3.8) is 0 Å². The summed E-state index contributed by atoms with van der Waals surface area (Å²) in [6.07, 6.45) is 9.82. The molecule has 1 saturated heterocycles. The number of ether oxygens (including phenoxy) is 2. The summed E-state index contributed by atoms with van der Waals surface area (Å²) in [5, 5.41) is 3.10. The topological polar surface area (TPSA) is 85.1 Å². The van der Waals surface area contributed by atoms with Gasteiger partial charge in [0, 0.05) is 46.2 Å². The van der Waals surface area contributed by atoms with Gasteiger partial charge in [0.2, 0.25) is 0 Å². The highest BCUT2D eigenvalue weighted by atomic mass is 16.6. The Bertz CT molecular complexity index is 527. The normalized spacial score (nSPS) is 15.1. The van der Waals surface area contributed by atoms with Crippen LogP contribution in [0.1, 0.15) is 53.9 Å². The monoisotopic (exact) mass is 468 g/mol. The number of hydrogen-bond acceptors (Lipinski definition) is 8. The van der Waals surface area contributed by atoms with E-state index in [1.165, 1.54) is 31.5 Å². The summed E-state index contributed by atoms with van der Waals surface area (Å²) in [6, 6.07) is 0. The second-order valence-corrected chi connectivity index (χ2v) is 8.09. The van der Waals surface area contributed by atoms with Crippen LogP contribution in [0.5, 0.6) is 0 Å². The van der Waals surface area contributed by atoms with Gasteiger partial charge in [-0.1, -0.05) is 18.7 Å². The Balaban J connectivity index is -0.000000356. The fourth-order valence-electron chi connectivity index (χ4n) is 2.27. The summed E-state index contributed by atoms with van der Waals surface area (Å²) < 4.78 is 10.1. The van der Waals surface area contributed by atoms with E-state index in [0.29, 0.717) is 19.2 Å². The summed E-state index contributed by atoms with van der Waals surface area (Å²) in [5.41, 5.74) is 0.980. The lowest BCUT2D eigenvalue weighted by Crippen LogP contribution is -2.34. The zero-order valence-electron chi connectivity index (χ0n) is 22.1. The van der Waals surface area contributed by atoms with Crippen LogP contribution in [0.15, 0.2) is 39.4 Å². The highest BCUT2D eigenvalue weighted by molar-refractivity contribution is 5.78. The molecular weight excluding hydrogens is 420 g/mol. The third-order valence-corrected chi connectivity index (χ3v) is 3.77. The molecule has 8 heteroatoms. The number of carbonyl (C=O) groups excluding carboxylic acids is 1. The molecule has 2 rings (SSSR count). The lowest BCUT2D eigenvalue weighted by atomic mass is 10.1. The molecule has 2 aliphatic heterocycles. The molecule has 0 aromatic heterocycles. The summed E-state index contributed by atoms with van der Waals surface area (Å²) in [6.45, 7) is 24.3. The van der Waals surface area contributed by atoms with Gasteiger partial charge in [-0.25, -0.2) is 0 Å². The average molecular weight is 469 g/mol. The van der Waals surface area contributed by atoms with Crippen molar-refractivity contribution in [2.75, 3.05) is 46.9 Å². The Morgan fingerprint density at radius 2 is 1.85 bits per heavy atom. The summed E-state index contributed by atoms with van der Waals surface area (Å²) in [4.78, 5) is 23.6. The molecule has 0 saturated carbocycles. The molecule has 0 amide bonds. The van der Waals surface area contributed by atoms with Crippen LogP contribution in [0.2, 0.25) is 0 Å². The first-order valence-corrected chi connectivity index (χ1v) is 11.2. The first-order valence-electron chi connectivity index (χ1n) is 11.2. The van der Waals surface area contributed by atoms with Gasteiger partial charge in [-0.05, 0) is 73.2 Å². The Morgan fingerprint density at radius 3 is 2.09 bits per heavy atom. The Kier molecular flexibility index (Phi) is 27.7. The number of aliphatic imine (C=N–C) groups is 2. The van der Waals surface area contributed by atoms with E-state index in [-0.39, 0.29) is 5.60 Å². The summed E-state index contributed by atoms with van der Waals surface area (Å²) in [5.74, 6) is 0. The van der Waals surface area contributed by atoms with E-state index >= 15 is 0 Å². The van der Waals surface area contributed by atoms with Crippen LogP contribution in [0, 0.1) is 0 Å². The maximum atomic E-state index is 9.60. The van der Waals surface area contributed by atoms with Crippen LogP contribution in [-0.2, 0) is 19.1 Å². The summed E-state index contributed by atoms with van der Waals surface area (Å²) in [7, 11) is 3.81. The molecule has 0 spiro atoms. The highest BCUT2D eigenvalue weighted by Gasteiger charge is 2.15. The predicted octanol–water partition coefficient (Wildman–Crippen LogP) is 4.60. The molecule has 2 heterocycles. The van der Waals surface area contributed by atoms with Gasteiger partial charge in [0.1, 0.15) is 12.2 Å². The van der Waals surface area contributed by atoms with Crippen LogP contribution in [0.4, 0.5) is 0 Å². The molecule has 2 aliphatic rings. The van der Waals surface area contributed by atoms with Crippen molar-refractivity contribution in [1.29, 1.82) is 0 Å². The smallest absolute Gasteiger partial charge is 0.293 e. The Hall–Kier alpha value is -2.32. The van der Waals surface area contributed by atoms with Gasteiger partial charge in [-0.2, -0.15) is 0 Å². The van der Waals surface area contributed by atoms with E-state index in [9.17, 15) is 4.79 Å². The molecule has 0 atom stereocenters. The molecule has 0 aromatic carbocycles. The van der Waals surface area contributed by atoms with E-state index in [2.05, 4.69) is 76.6 Å². The van der Waals surface area contributed by atoms with Gasteiger partial charge in [0.15, 0.2) is 0 Å². The van der Waals surface area contributed by atoms with Crippen LogP contribution in [0.25, 0.3) is 0 Å². The molecule has 1 fully saturated rings. The fraction of sp³-hybridized carbons (Fsp3) is 0.680. The predicted molar refractivity (Wildman–Crippen MR) is 142 cm³/mol. The number of carbonyl (C=O) groups is 1. The lowest BCUT2D eigenvalue weighted by molar-refractivity contribution is -0.138. The maximum absolute atomic E-state index is 9.60. The zero-order chi connectivity index (χ0) is 26.0. The van der Waals surface area contributed by atoms with Crippen molar-refractivity contribution in [1.82, 2.24) is 4.90 Å². The second kappa shape index (κ2) is 25.9. The molecular formula is C25H48N4O4. The van der Waals surface area contributed by atoms with E-state index in [4.69, 9.17) is 4.74 Å². The van der Waals surface area contributed by atoms with E-state index in [1.54, 1.807) is 13.1 Å². The number of nitrogens with zero attached hydrogens (tertiary/aromatic N) is 4. The van der Waals surface area contributed by atoms with Gasteiger partial charge in [-0.3, -0.25) is 9.79 Å². The Morgan fingerprint density at radius 1 is 1.27 bits per heavy atom. The molecule has 192 valence electrons. The number of hydrogen-bond donors (Lipinski definition) is 0. The standard InChI is InChI=1S/C8H17NO.C6H9N.C5H10O2.C4H7NO.C2H5N/c1-3-10-8-4-6-9(2)7-5-8;1-6-3-2-4-7-5-6;1-5(2,3)7-4-6;1-3-4-6-5-2;1-3-2/h8H,3-7H2,1-2H3;3,5H,2,4H2,1H3;4H,1-3H3;3H,1-2,4H2;1H2,2H3. The van der Waals surface area contributed by atoms with Gasteiger partial charge in [0.05, 0.1) is 6.10 Å². The first kappa shape index (κ1) is 35.3.